The summed E-state index contributed by atoms with van der Waals surface area (Å²) in [6, 6.07) is 20.6. The molecule has 0 N–H and O–H groups in total. The van der Waals surface area contributed by atoms with E-state index in [1.54, 1.807) is 20.3 Å². The van der Waals surface area contributed by atoms with Gasteiger partial charge in [0.05, 0.1) is 32.0 Å². The molecule has 0 saturated heterocycles. The number of hydrogen-bond acceptors (Lipinski definition) is 4. The summed E-state index contributed by atoms with van der Waals surface area (Å²) in [5, 5.41) is 0. The van der Waals surface area contributed by atoms with Gasteiger partial charge >= 0.3 is 0 Å². The van der Waals surface area contributed by atoms with E-state index >= 15 is 0 Å². The molecule has 1 aliphatic heterocycles. The lowest BCUT2D eigenvalue weighted by Crippen LogP contribution is -2.29. The standard InChI is InChI=1S/C23H19NO4/c1-27-18-10-7-15(8-11-18)16-9-12-20-19(13-16)22(25)23(26)24(20)14-17-5-3-4-6-21(17)28-2/h3-13H,14H2,1-2H3. The van der Waals surface area contributed by atoms with Crippen molar-refractivity contribution in [3.05, 3.63) is 77.9 Å². The van der Waals surface area contributed by atoms with Gasteiger partial charge in [-0.05, 0) is 41.5 Å². The monoisotopic (exact) mass is 373 g/mol. The molecular formula is C23H19NO4. The van der Waals surface area contributed by atoms with Crippen LogP contribution in [0.2, 0.25) is 0 Å². The number of amides is 1. The van der Waals surface area contributed by atoms with Crippen LogP contribution in [0.5, 0.6) is 11.5 Å². The average molecular weight is 373 g/mol. The number of anilines is 1. The molecule has 1 amide bonds. The Balaban J connectivity index is 1.69. The predicted octanol–water partition coefficient (Wildman–Crippen LogP) is 4.10. The highest BCUT2D eigenvalue weighted by molar-refractivity contribution is 6.52. The lowest BCUT2D eigenvalue weighted by atomic mass is 10.0. The van der Waals surface area contributed by atoms with Gasteiger partial charge in [0.2, 0.25) is 0 Å². The van der Waals surface area contributed by atoms with E-state index in [1.807, 2.05) is 60.7 Å². The van der Waals surface area contributed by atoms with Gasteiger partial charge in [0.15, 0.2) is 0 Å². The van der Waals surface area contributed by atoms with Gasteiger partial charge in [-0.25, -0.2) is 0 Å². The predicted molar refractivity (Wildman–Crippen MR) is 107 cm³/mol. The number of carbonyl (C=O) groups excluding carboxylic acids is 2. The molecule has 140 valence electrons. The van der Waals surface area contributed by atoms with Gasteiger partial charge in [-0.2, -0.15) is 0 Å². The maximum Gasteiger partial charge on any atom is 0.299 e. The highest BCUT2D eigenvalue weighted by Gasteiger charge is 2.36. The number of Topliss-reactive ketones (excluding diaryl/α,β-unsaturated/α-hetero) is 1. The SMILES string of the molecule is COc1ccc(-c2ccc3c(c2)C(=O)C(=O)N3Cc2ccccc2OC)cc1. The van der Waals surface area contributed by atoms with Gasteiger partial charge in [0.1, 0.15) is 11.5 Å². The molecule has 0 fully saturated rings. The summed E-state index contributed by atoms with van der Waals surface area (Å²) in [5.74, 6) is 0.443. The van der Waals surface area contributed by atoms with Crippen LogP contribution in [0.25, 0.3) is 11.1 Å². The average Bonchev–Trinajstić information content (AvgIpc) is 2.98. The summed E-state index contributed by atoms with van der Waals surface area (Å²) in [7, 11) is 3.20. The lowest BCUT2D eigenvalue weighted by molar-refractivity contribution is -0.114. The molecule has 1 aliphatic rings. The number of hydrogen-bond donors (Lipinski definition) is 0. The van der Waals surface area contributed by atoms with E-state index in [9.17, 15) is 9.59 Å². The number of carbonyl (C=O) groups is 2. The van der Waals surface area contributed by atoms with Crippen LogP contribution >= 0.6 is 0 Å². The van der Waals surface area contributed by atoms with Crippen LogP contribution in [-0.4, -0.2) is 25.9 Å². The number of rotatable bonds is 5. The fourth-order valence-electron chi connectivity index (χ4n) is 3.42. The minimum absolute atomic E-state index is 0.281. The Bertz CT molecular complexity index is 1060. The van der Waals surface area contributed by atoms with Gasteiger partial charge in [-0.15, -0.1) is 0 Å². The molecule has 0 aliphatic carbocycles. The normalized spacial score (nSPS) is 12.9. The Kier molecular flexibility index (Phi) is 4.57. The molecule has 1 heterocycles. The topological polar surface area (TPSA) is 55.8 Å². The van der Waals surface area contributed by atoms with E-state index in [0.717, 1.165) is 22.4 Å². The van der Waals surface area contributed by atoms with Crippen LogP contribution in [0.4, 0.5) is 5.69 Å². The smallest absolute Gasteiger partial charge is 0.299 e. The second-order valence-electron chi connectivity index (χ2n) is 6.49. The Labute approximate surface area is 163 Å². The Morgan fingerprint density at radius 2 is 1.54 bits per heavy atom. The van der Waals surface area contributed by atoms with Crippen LogP contribution < -0.4 is 14.4 Å². The summed E-state index contributed by atoms with van der Waals surface area (Å²) < 4.78 is 10.6. The quantitative estimate of drug-likeness (QED) is 0.632. The molecule has 0 bridgehead atoms. The van der Waals surface area contributed by atoms with E-state index in [4.69, 9.17) is 9.47 Å². The summed E-state index contributed by atoms with van der Waals surface area (Å²) in [6.45, 7) is 0.281. The molecule has 0 unspecified atom stereocenters. The van der Waals surface area contributed by atoms with Crippen molar-refractivity contribution in [3.63, 3.8) is 0 Å². The third-order valence-corrected chi connectivity index (χ3v) is 4.92. The first-order valence-corrected chi connectivity index (χ1v) is 8.89. The molecule has 0 radical (unpaired) electrons. The Morgan fingerprint density at radius 3 is 2.25 bits per heavy atom. The summed E-state index contributed by atoms with van der Waals surface area (Å²) in [5.41, 5.74) is 3.72. The van der Waals surface area contributed by atoms with Crippen LogP contribution in [-0.2, 0) is 11.3 Å². The summed E-state index contributed by atoms with van der Waals surface area (Å²) >= 11 is 0. The van der Waals surface area contributed by atoms with Crippen LogP contribution in [0.1, 0.15) is 15.9 Å². The number of methoxy groups -OCH3 is 2. The van der Waals surface area contributed by atoms with Gasteiger partial charge in [0.25, 0.3) is 11.7 Å². The summed E-state index contributed by atoms with van der Waals surface area (Å²) in [4.78, 5) is 26.7. The van der Waals surface area contributed by atoms with Crippen molar-refractivity contribution in [3.8, 4) is 22.6 Å². The molecule has 28 heavy (non-hydrogen) atoms. The fourth-order valence-corrected chi connectivity index (χ4v) is 3.42. The van der Waals surface area contributed by atoms with E-state index in [0.29, 0.717) is 17.0 Å². The zero-order valence-electron chi connectivity index (χ0n) is 15.6. The number of ether oxygens (including phenoxy) is 2. The fraction of sp³-hybridized carbons (Fsp3) is 0.130. The zero-order valence-corrected chi connectivity index (χ0v) is 15.6. The number of nitrogens with zero attached hydrogens (tertiary/aromatic N) is 1. The van der Waals surface area contributed by atoms with Crippen LogP contribution in [0.15, 0.2) is 66.7 Å². The molecule has 3 aromatic rings. The number of fused-ring (bicyclic) bond motifs is 1. The number of para-hydroxylation sites is 1. The first kappa shape index (κ1) is 17.8. The van der Waals surface area contributed by atoms with Crippen LogP contribution in [0, 0.1) is 0 Å². The maximum atomic E-state index is 12.6. The van der Waals surface area contributed by atoms with Gasteiger partial charge in [-0.1, -0.05) is 36.4 Å². The van der Waals surface area contributed by atoms with Crippen molar-refractivity contribution >= 4 is 17.4 Å². The molecule has 0 aromatic heterocycles. The molecule has 0 saturated carbocycles. The van der Waals surface area contributed by atoms with E-state index < -0.39 is 11.7 Å². The second-order valence-corrected chi connectivity index (χ2v) is 6.49. The van der Waals surface area contributed by atoms with Gasteiger partial charge in [0, 0.05) is 5.56 Å². The maximum absolute atomic E-state index is 12.6. The molecule has 0 atom stereocenters. The van der Waals surface area contributed by atoms with E-state index in [-0.39, 0.29) is 6.54 Å². The van der Waals surface area contributed by atoms with Crippen LogP contribution in [0.3, 0.4) is 0 Å². The Morgan fingerprint density at radius 1 is 0.821 bits per heavy atom. The van der Waals surface area contributed by atoms with Crippen molar-refractivity contribution in [2.75, 3.05) is 19.1 Å². The first-order valence-electron chi connectivity index (χ1n) is 8.89. The number of ketones is 1. The largest absolute Gasteiger partial charge is 0.497 e. The highest BCUT2D eigenvalue weighted by Crippen LogP contribution is 2.35. The van der Waals surface area contributed by atoms with Crippen molar-refractivity contribution in [2.24, 2.45) is 0 Å². The minimum Gasteiger partial charge on any atom is -0.497 e. The van der Waals surface area contributed by atoms with Crippen molar-refractivity contribution in [1.29, 1.82) is 0 Å². The number of benzene rings is 3. The third kappa shape index (κ3) is 3.01. The second kappa shape index (κ2) is 7.19. The van der Waals surface area contributed by atoms with Crippen molar-refractivity contribution in [2.45, 2.75) is 6.54 Å². The van der Waals surface area contributed by atoms with E-state index in [1.165, 1.54) is 4.90 Å². The van der Waals surface area contributed by atoms with E-state index in [2.05, 4.69) is 0 Å². The molecule has 0 spiro atoms. The lowest BCUT2D eigenvalue weighted by Gasteiger charge is -2.18. The van der Waals surface area contributed by atoms with Gasteiger partial charge in [-0.3, -0.25) is 9.59 Å². The molecule has 5 nitrogen and oxygen atoms in total. The van der Waals surface area contributed by atoms with Crippen molar-refractivity contribution < 1.29 is 19.1 Å². The van der Waals surface area contributed by atoms with Gasteiger partial charge < -0.3 is 14.4 Å². The molecule has 4 rings (SSSR count). The Hall–Kier alpha value is -3.60. The third-order valence-electron chi connectivity index (χ3n) is 4.92. The summed E-state index contributed by atoms with van der Waals surface area (Å²) in [6.07, 6.45) is 0. The molecule has 3 aromatic carbocycles. The minimum atomic E-state index is -0.521. The molecule has 5 heteroatoms. The molecular weight excluding hydrogens is 354 g/mol. The highest BCUT2D eigenvalue weighted by atomic mass is 16.5. The first-order chi connectivity index (χ1) is 13.6. The zero-order chi connectivity index (χ0) is 19.7. The van der Waals surface area contributed by atoms with Crippen molar-refractivity contribution in [1.82, 2.24) is 0 Å².